The molecule has 0 fully saturated rings. The number of nitrogens with zero attached hydrogens (tertiary/aromatic N) is 3. The molecule has 1 amide bonds. The van der Waals surface area contributed by atoms with Crippen molar-refractivity contribution in [2.75, 3.05) is 21.6 Å². The van der Waals surface area contributed by atoms with Crippen LogP contribution in [0.25, 0.3) is 0 Å². The molecule has 1 atom stereocenters. The summed E-state index contributed by atoms with van der Waals surface area (Å²) in [4.78, 5) is 13.0. The number of anilines is 2. The van der Waals surface area contributed by atoms with Gasteiger partial charge in [-0.2, -0.15) is 0 Å². The second kappa shape index (κ2) is 9.90. The Labute approximate surface area is 181 Å². The Hall–Kier alpha value is -1.65. The molecule has 1 N–H and O–H groups in total. The summed E-state index contributed by atoms with van der Waals surface area (Å²) in [6, 6.07) is 4.62. The van der Waals surface area contributed by atoms with Crippen LogP contribution in [0.1, 0.15) is 38.3 Å². The Morgan fingerprint density at radius 2 is 1.83 bits per heavy atom. The second-order valence-electron chi connectivity index (χ2n) is 7.40. The predicted octanol–water partition coefficient (Wildman–Crippen LogP) is 4.09. The molecule has 1 aromatic carbocycles. The summed E-state index contributed by atoms with van der Waals surface area (Å²) >= 11 is 2.88. The van der Waals surface area contributed by atoms with Gasteiger partial charge in [-0.1, -0.05) is 49.9 Å². The van der Waals surface area contributed by atoms with Gasteiger partial charge in [0.15, 0.2) is 4.34 Å². The van der Waals surface area contributed by atoms with Gasteiger partial charge in [-0.15, -0.1) is 10.2 Å². The van der Waals surface area contributed by atoms with E-state index >= 15 is 0 Å². The number of aryl methyl sites for hydroxylation is 2. The van der Waals surface area contributed by atoms with Gasteiger partial charge in [0.1, 0.15) is 6.04 Å². The smallest absolute Gasteiger partial charge is 0.250 e. The molecule has 0 aliphatic heterocycles. The Kier molecular flexibility index (Phi) is 8.07. The minimum Gasteiger partial charge on any atom is -0.299 e. The molecule has 0 radical (unpaired) electrons. The fraction of sp³-hybridized carbons (Fsp3) is 0.526. The average molecular weight is 457 g/mol. The van der Waals surface area contributed by atoms with Crippen molar-refractivity contribution < 1.29 is 13.2 Å². The quantitative estimate of drug-likeness (QED) is 0.451. The van der Waals surface area contributed by atoms with Crippen LogP contribution in [0.4, 0.5) is 10.8 Å². The van der Waals surface area contributed by atoms with Crippen molar-refractivity contribution in [2.45, 2.75) is 51.4 Å². The Morgan fingerprint density at radius 1 is 1.21 bits per heavy atom. The molecule has 0 aliphatic carbocycles. The van der Waals surface area contributed by atoms with E-state index in [-0.39, 0.29) is 0 Å². The van der Waals surface area contributed by atoms with Crippen molar-refractivity contribution in [2.24, 2.45) is 5.92 Å². The van der Waals surface area contributed by atoms with Gasteiger partial charge in [0.25, 0.3) is 0 Å². The molecule has 10 heteroatoms. The monoisotopic (exact) mass is 456 g/mol. The van der Waals surface area contributed by atoms with Crippen LogP contribution >= 0.6 is 23.1 Å². The first-order valence-electron chi connectivity index (χ1n) is 9.36. The van der Waals surface area contributed by atoms with E-state index in [1.807, 2.05) is 19.9 Å². The SMILES string of the molecule is CC[C@H](C(=O)Nc1nnc(SCC(C)C)s1)N(c1cc(C)cc(C)c1)S(C)(=O)=O. The maximum Gasteiger partial charge on any atom is 0.250 e. The molecule has 29 heavy (non-hydrogen) atoms. The number of rotatable bonds is 9. The van der Waals surface area contributed by atoms with E-state index in [1.165, 1.54) is 15.6 Å². The van der Waals surface area contributed by atoms with Crippen molar-refractivity contribution >= 4 is 49.8 Å². The van der Waals surface area contributed by atoms with Crippen molar-refractivity contribution in [1.29, 1.82) is 0 Å². The van der Waals surface area contributed by atoms with Crippen LogP contribution < -0.4 is 9.62 Å². The number of aromatic nitrogens is 2. The van der Waals surface area contributed by atoms with Crippen LogP contribution in [0.3, 0.4) is 0 Å². The molecule has 0 spiro atoms. The second-order valence-corrected chi connectivity index (χ2v) is 11.5. The summed E-state index contributed by atoms with van der Waals surface area (Å²) in [6.45, 7) is 9.82. The lowest BCUT2D eigenvalue weighted by Gasteiger charge is -2.30. The lowest BCUT2D eigenvalue weighted by Crippen LogP contribution is -2.47. The van der Waals surface area contributed by atoms with Gasteiger partial charge in [-0.05, 0) is 49.4 Å². The molecule has 0 unspecified atom stereocenters. The number of nitrogens with one attached hydrogen (secondary N) is 1. The number of thioether (sulfide) groups is 1. The van der Waals surface area contributed by atoms with Gasteiger partial charge < -0.3 is 0 Å². The molecule has 2 aromatic rings. The first-order valence-corrected chi connectivity index (χ1v) is 13.0. The fourth-order valence-corrected chi connectivity index (χ4v) is 5.81. The van der Waals surface area contributed by atoms with Crippen LogP contribution in [0.5, 0.6) is 0 Å². The van der Waals surface area contributed by atoms with Crippen molar-refractivity contribution in [3.8, 4) is 0 Å². The number of carbonyl (C=O) groups is 1. The van der Waals surface area contributed by atoms with E-state index < -0.39 is 22.0 Å². The maximum atomic E-state index is 13.0. The van der Waals surface area contributed by atoms with Crippen molar-refractivity contribution in [3.63, 3.8) is 0 Å². The highest BCUT2D eigenvalue weighted by molar-refractivity contribution is 8.01. The van der Waals surface area contributed by atoms with Gasteiger partial charge in [-0.25, -0.2) is 8.42 Å². The van der Waals surface area contributed by atoms with Crippen LogP contribution in [0, 0.1) is 19.8 Å². The van der Waals surface area contributed by atoms with E-state index in [0.29, 0.717) is 23.2 Å². The Balaban J connectivity index is 2.27. The minimum atomic E-state index is -3.68. The number of sulfonamides is 1. The van der Waals surface area contributed by atoms with Gasteiger partial charge >= 0.3 is 0 Å². The minimum absolute atomic E-state index is 0.319. The first-order chi connectivity index (χ1) is 13.5. The normalized spacial score (nSPS) is 12.8. The molecule has 1 aromatic heterocycles. The zero-order valence-corrected chi connectivity index (χ0v) is 20.0. The zero-order chi connectivity index (χ0) is 21.8. The molecule has 7 nitrogen and oxygen atoms in total. The van der Waals surface area contributed by atoms with Crippen molar-refractivity contribution in [1.82, 2.24) is 10.2 Å². The third-order valence-electron chi connectivity index (χ3n) is 3.97. The van der Waals surface area contributed by atoms with Crippen LogP contribution in [0.2, 0.25) is 0 Å². The van der Waals surface area contributed by atoms with E-state index in [4.69, 9.17) is 0 Å². The summed E-state index contributed by atoms with van der Waals surface area (Å²) in [5, 5.41) is 11.2. The standard InChI is InChI=1S/C19H28N4O3S3/c1-7-16(17(24)20-18-21-22-19(28-18)27-11-12(2)3)23(29(6,25)26)15-9-13(4)8-14(5)10-15/h8-10,12,16H,7,11H2,1-6H3,(H,20,21,24)/t16-/m1/s1. The third-order valence-corrected chi connectivity index (χ3v) is 7.55. The van der Waals surface area contributed by atoms with Crippen LogP contribution in [-0.4, -0.2) is 42.6 Å². The Bertz CT molecular complexity index is 937. The molecular weight excluding hydrogens is 428 g/mol. The molecular formula is C19H28N4O3S3. The summed E-state index contributed by atoms with van der Waals surface area (Å²) in [6.07, 6.45) is 1.44. The maximum absolute atomic E-state index is 13.0. The molecule has 160 valence electrons. The van der Waals surface area contributed by atoms with E-state index in [9.17, 15) is 13.2 Å². The topological polar surface area (TPSA) is 92.3 Å². The zero-order valence-electron chi connectivity index (χ0n) is 17.6. The first kappa shape index (κ1) is 23.6. The van der Waals surface area contributed by atoms with E-state index in [0.717, 1.165) is 27.5 Å². The van der Waals surface area contributed by atoms with E-state index in [1.54, 1.807) is 30.8 Å². The number of benzene rings is 1. The third kappa shape index (κ3) is 6.68. The summed E-state index contributed by atoms with van der Waals surface area (Å²) in [7, 11) is -3.68. The van der Waals surface area contributed by atoms with Gasteiger partial charge in [0, 0.05) is 5.75 Å². The summed E-state index contributed by atoms with van der Waals surface area (Å²) in [5.74, 6) is 1.01. The van der Waals surface area contributed by atoms with Crippen molar-refractivity contribution in [3.05, 3.63) is 29.3 Å². The predicted molar refractivity (Wildman–Crippen MR) is 121 cm³/mol. The number of amides is 1. The number of carbonyl (C=O) groups excluding carboxylic acids is 1. The molecule has 1 heterocycles. The molecule has 2 rings (SSSR count). The van der Waals surface area contributed by atoms with Gasteiger partial charge in [0.2, 0.25) is 21.1 Å². The van der Waals surface area contributed by atoms with E-state index in [2.05, 4.69) is 29.4 Å². The van der Waals surface area contributed by atoms with Gasteiger partial charge in [-0.3, -0.25) is 14.4 Å². The number of hydrogen-bond acceptors (Lipinski definition) is 7. The van der Waals surface area contributed by atoms with Crippen LogP contribution in [0.15, 0.2) is 22.5 Å². The summed E-state index contributed by atoms with van der Waals surface area (Å²) in [5.41, 5.74) is 2.34. The molecule has 0 saturated heterocycles. The Morgan fingerprint density at radius 3 is 2.34 bits per heavy atom. The fourth-order valence-electron chi connectivity index (χ4n) is 2.88. The highest BCUT2D eigenvalue weighted by Crippen LogP contribution is 2.29. The lowest BCUT2D eigenvalue weighted by molar-refractivity contribution is -0.117. The summed E-state index contributed by atoms with van der Waals surface area (Å²) < 4.78 is 27.1. The molecule has 0 aliphatic rings. The van der Waals surface area contributed by atoms with Gasteiger partial charge in [0.05, 0.1) is 11.9 Å². The van der Waals surface area contributed by atoms with Crippen LogP contribution in [-0.2, 0) is 14.8 Å². The number of hydrogen-bond donors (Lipinski definition) is 1. The lowest BCUT2D eigenvalue weighted by atomic mass is 10.1. The average Bonchev–Trinajstić information content (AvgIpc) is 3.02. The molecule has 0 saturated carbocycles. The highest BCUT2D eigenvalue weighted by Gasteiger charge is 2.32. The largest absolute Gasteiger partial charge is 0.299 e. The molecule has 0 bridgehead atoms. The highest BCUT2D eigenvalue weighted by atomic mass is 32.2.